The Bertz CT molecular complexity index is 670. The highest BCUT2D eigenvalue weighted by Gasteiger charge is 2.12. The Balaban J connectivity index is 1.76. The van der Waals surface area contributed by atoms with Crippen molar-refractivity contribution in [1.82, 2.24) is 5.43 Å². The van der Waals surface area contributed by atoms with Crippen LogP contribution in [0.2, 0.25) is 0 Å². The summed E-state index contributed by atoms with van der Waals surface area (Å²) in [5.74, 6) is 0.274. The number of rotatable bonds is 3. The van der Waals surface area contributed by atoms with Gasteiger partial charge in [0.25, 0.3) is 0 Å². The molecule has 0 aromatic heterocycles. The highest BCUT2D eigenvalue weighted by molar-refractivity contribution is 6.69. The Labute approximate surface area is 122 Å². The Kier molecular flexibility index (Phi) is 3.48. The number of fused-ring (bicyclic) bond motifs is 1. The monoisotopic (exact) mass is 287 g/mol. The molecule has 0 saturated carbocycles. The van der Waals surface area contributed by atoms with Crippen LogP contribution in [0.1, 0.15) is 16.7 Å². The van der Waals surface area contributed by atoms with Gasteiger partial charge in [0, 0.05) is 17.8 Å². The molecule has 0 aliphatic carbocycles. The molecule has 5 heteroatoms. The molecule has 0 amide bonds. The minimum absolute atomic E-state index is 0.274. The number of phenols is 1. The lowest BCUT2D eigenvalue weighted by molar-refractivity contribution is 0.474. The van der Waals surface area contributed by atoms with E-state index < -0.39 is 0 Å². The molecule has 3 N–H and O–H groups in total. The standard InChI is InChI=1S/C15H14ClN3O/c16-15-14-7-12(5-4-11(14)9-18-19-15)17-8-10-2-1-3-13(20)6-10/h1-7,17-18,20H,8-9H2. The summed E-state index contributed by atoms with van der Waals surface area (Å²) in [4.78, 5) is 0. The van der Waals surface area contributed by atoms with Gasteiger partial charge in [0.15, 0.2) is 5.17 Å². The first-order chi connectivity index (χ1) is 9.72. The average Bonchev–Trinajstić information content (AvgIpc) is 2.46. The summed E-state index contributed by atoms with van der Waals surface area (Å²) < 4.78 is 0. The minimum atomic E-state index is 0.274. The highest BCUT2D eigenvalue weighted by atomic mass is 35.5. The lowest BCUT2D eigenvalue weighted by atomic mass is 10.1. The summed E-state index contributed by atoms with van der Waals surface area (Å²) in [6.45, 7) is 1.33. The fraction of sp³-hybridized carbons (Fsp3) is 0.133. The summed E-state index contributed by atoms with van der Waals surface area (Å²) in [5, 5.41) is 17.2. The van der Waals surface area contributed by atoms with Gasteiger partial charge in [-0.3, -0.25) is 0 Å². The van der Waals surface area contributed by atoms with Gasteiger partial charge in [0.05, 0.1) is 6.54 Å². The van der Waals surface area contributed by atoms with Crippen molar-refractivity contribution >= 4 is 22.5 Å². The number of hydrazone groups is 1. The number of hydrogen-bond donors (Lipinski definition) is 3. The van der Waals surface area contributed by atoms with Gasteiger partial charge in [-0.15, -0.1) is 0 Å². The van der Waals surface area contributed by atoms with Crippen molar-refractivity contribution in [2.45, 2.75) is 13.1 Å². The molecule has 4 nitrogen and oxygen atoms in total. The number of anilines is 1. The molecule has 20 heavy (non-hydrogen) atoms. The number of aromatic hydroxyl groups is 1. The van der Waals surface area contributed by atoms with E-state index in [0.29, 0.717) is 18.3 Å². The van der Waals surface area contributed by atoms with Crippen LogP contribution in [-0.4, -0.2) is 10.3 Å². The maximum atomic E-state index is 9.44. The molecule has 0 atom stereocenters. The van der Waals surface area contributed by atoms with E-state index in [9.17, 15) is 5.11 Å². The first-order valence-electron chi connectivity index (χ1n) is 6.33. The molecule has 2 aromatic rings. The first-order valence-corrected chi connectivity index (χ1v) is 6.71. The predicted molar refractivity (Wildman–Crippen MR) is 81.1 cm³/mol. The van der Waals surface area contributed by atoms with Crippen molar-refractivity contribution in [2.75, 3.05) is 5.32 Å². The summed E-state index contributed by atoms with van der Waals surface area (Å²) >= 11 is 6.08. The van der Waals surface area contributed by atoms with Crippen molar-refractivity contribution in [1.29, 1.82) is 0 Å². The summed E-state index contributed by atoms with van der Waals surface area (Å²) in [5.41, 5.74) is 6.96. The van der Waals surface area contributed by atoms with Gasteiger partial charge in [-0.25, -0.2) is 0 Å². The fourth-order valence-electron chi connectivity index (χ4n) is 2.16. The van der Waals surface area contributed by atoms with E-state index in [-0.39, 0.29) is 5.75 Å². The smallest absolute Gasteiger partial charge is 0.156 e. The van der Waals surface area contributed by atoms with E-state index in [4.69, 9.17) is 11.6 Å². The molecule has 0 saturated heterocycles. The van der Waals surface area contributed by atoms with Gasteiger partial charge in [-0.2, -0.15) is 5.10 Å². The third kappa shape index (κ3) is 2.70. The fourth-order valence-corrected chi connectivity index (χ4v) is 2.39. The van der Waals surface area contributed by atoms with E-state index in [2.05, 4.69) is 15.8 Å². The normalized spacial score (nSPS) is 13.2. The SMILES string of the molecule is Oc1cccc(CNc2ccc3c(c2)C(Cl)=NNC3)c1. The molecule has 0 spiro atoms. The second-order valence-electron chi connectivity index (χ2n) is 4.63. The molecule has 0 fully saturated rings. The topological polar surface area (TPSA) is 56.6 Å². The van der Waals surface area contributed by atoms with Crippen LogP contribution in [0.5, 0.6) is 5.75 Å². The number of halogens is 1. The summed E-state index contributed by atoms with van der Waals surface area (Å²) in [6.07, 6.45) is 0. The zero-order valence-electron chi connectivity index (χ0n) is 10.7. The van der Waals surface area contributed by atoms with Crippen LogP contribution in [0.3, 0.4) is 0 Å². The molecule has 1 aliphatic rings. The Morgan fingerprint density at radius 3 is 3.00 bits per heavy atom. The Hall–Kier alpha value is -2.20. The van der Waals surface area contributed by atoms with E-state index in [1.165, 1.54) is 0 Å². The van der Waals surface area contributed by atoms with Crippen LogP contribution in [0.25, 0.3) is 0 Å². The average molecular weight is 288 g/mol. The number of hydrogen-bond acceptors (Lipinski definition) is 4. The number of nitrogens with zero attached hydrogens (tertiary/aromatic N) is 1. The predicted octanol–water partition coefficient (Wildman–Crippen LogP) is 3.01. The maximum absolute atomic E-state index is 9.44. The number of phenolic OH excluding ortho intramolecular Hbond substituents is 1. The summed E-state index contributed by atoms with van der Waals surface area (Å²) in [7, 11) is 0. The van der Waals surface area contributed by atoms with Crippen LogP contribution in [0.15, 0.2) is 47.6 Å². The zero-order valence-corrected chi connectivity index (χ0v) is 11.5. The molecular weight excluding hydrogens is 274 g/mol. The Morgan fingerprint density at radius 1 is 1.25 bits per heavy atom. The van der Waals surface area contributed by atoms with Gasteiger partial charge in [-0.05, 0) is 35.4 Å². The van der Waals surface area contributed by atoms with Crippen LogP contribution >= 0.6 is 11.6 Å². The molecule has 0 bridgehead atoms. The maximum Gasteiger partial charge on any atom is 0.156 e. The van der Waals surface area contributed by atoms with Gasteiger partial charge in [0.2, 0.25) is 0 Å². The zero-order chi connectivity index (χ0) is 13.9. The van der Waals surface area contributed by atoms with Crippen LogP contribution in [-0.2, 0) is 13.1 Å². The third-order valence-electron chi connectivity index (χ3n) is 3.19. The molecule has 2 aromatic carbocycles. The van der Waals surface area contributed by atoms with E-state index >= 15 is 0 Å². The van der Waals surface area contributed by atoms with Crippen molar-refractivity contribution in [3.63, 3.8) is 0 Å². The van der Waals surface area contributed by atoms with Crippen LogP contribution in [0.4, 0.5) is 5.69 Å². The third-order valence-corrected chi connectivity index (χ3v) is 3.47. The Morgan fingerprint density at radius 2 is 2.15 bits per heavy atom. The van der Waals surface area contributed by atoms with Crippen molar-refractivity contribution < 1.29 is 5.11 Å². The molecule has 102 valence electrons. The molecule has 0 unspecified atom stereocenters. The van der Waals surface area contributed by atoms with Gasteiger partial charge < -0.3 is 15.8 Å². The van der Waals surface area contributed by atoms with Gasteiger partial charge >= 0.3 is 0 Å². The van der Waals surface area contributed by atoms with Gasteiger partial charge in [-0.1, -0.05) is 29.8 Å². The second kappa shape index (κ2) is 5.43. The quantitative estimate of drug-likeness (QED) is 0.813. The van der Waals surface area contributed by atoms with Crippen LogP contribution in [0, 0.1) is 0 Å². The molecule has 1 heterocycles. The van der Waals surface area contributed by atoms with Crippen LogP contribution < -0.4 is 10.7 Å². The van der Waals surface area contributed by atoms with Gasteiger partial charge in [0.1, 0.15) is 5.75 Å². The van der Waals surface area contributed by atoms with E-state index in [1.54, 1.807) is 12.1 Å². The van der Waals surface area contributed by atoms with Crippen molar-refractivity contribution in [2.24, 2.45) is 5.10 Å². The van der Waals surface area contributed by atoms with Crippen molar-refractivity contribution in [3.8, 4) is 5.75 Å². The largest absolute Gasteiger partial charge is 0.508 e. The first kappa shape index (κ1) is 12.8. The number of nitrogens with one attached hydrogen (secondary N) is 2. The van der Waals surface area contributed by atoms with Crippen molar-refractivity contribution in [3.05, 3.63) is 59.2 Å². The summed E-state index contributed by atoms with van der Waals surface area (Å²) in [6, 6.07) is 13.2. The molecular formula is C15H14ClN3O. The second-order valence-corrected chi connectivity index (χ2v) is 4.99. The molecule has 0 radical (unpaired) electrons. The number of benzene rings is 2. The molecule has 1 aliphatic heterocycles. The highest BCUT2D eigenvalue weighted by Crippen LogP contribution is 2.21. The minimum Gasteiger partial charge on any atom is -0.508 e. The van der Waals surface area contributed by atoms with E-state index in [1.807, 2.05) is 30.3 Å². The lowest BCUT2D eigenvalue weighted by Gasteiger charge is -2.16. The van der Waals surface area contributed by atoms with E-state index in [0.717, 1.165) is 22.4 Å². The lowest BCUT2D eigenvalue weighted by Crippen LogP contribution is -2.17. The molecule has 3 rings (SSSR count).